The summed E-state index contributed by atoms with van der Waals surface area (Å²) in [5.74, 6) is 0. The Morgan fingerprint density at radius 1 is 1.00 bits per heavy atom. The quantitative estimate of drug-likeness (QED) is 0.634. The zero-order valence-electron chi connectivity index (χ0n) is 7.88. The maximum atomic E-state index is 12.7. The lowest BCUT2D eigenvalue weighted by Gasteiger charge is -2.34. The molecule has 0 bridgehead atoms. The van der Waals surface area contributed by atoms with Crippen molar-refractivity contribution < 1.29 is 13.2 Å². The summed E-state index contributed by atoms with van der Waals surface area (Å²) in [6, 6.07) is 0. The minimum absolute atomic E-state index is 0.229. The molecule has 1 aliphatic rings. The van der Waals surface area contributed by atoms with Crippen LogP contribution in [0.5, 0.6) is 0 Å². The molecule has 0 aliphatic heterocycles. The molecule has 78 valence electrons. The Kier molecular flexibility index (Phi) is 3.22. The van der Waals surface area contributed by atoms with Crippen molar-refractivity contribution in [2.75, 3.05) is 7.05 Å². The normalized spacial score (nSPS) is 24.0. The monoisotopic (exact) mass is 195 g/mol. The second-order valence-corrected chi connectivity index (χ2v) is 3.74. The Morgan fingerprint density at radius 3 is 1.77 bits per heavy atom. The van der Waals surface area contributed by atoms with E-state index in [4.69, 9.17) is 0 Å². The van der Waals surface area contributed by atoms with Crippen LogP contribution in [0.4, 0.5) is 13.2 Å². The molecule has 0 amide bonds. The zero-order valence-corrected chi connectivity index (χ0v) is 7.88. The second-order valence-electron chi connectivity index (χ2n) is 3.74. The average molecular weight is 195 g/mol. The average Bonchev–Trinajstić information content (AvgIpc) is 2.27. The fraction of sp³-hybridized carbons (Fsp3) is 1.00. The Morgan fingerprint density at radius 2 is 1.46 bits per heavy atom. The van der Waals surface area contributed by atoms with Crippen LogP contribution in [0.1, 0.15) is 38.5 Å². The lowest BCUT2D eigenvalue weighted by Crippen LogP contribution is -2.54. The van der Waals surface area contributed by atoms with Crippen molar-refractivity contribution in [2.45, 2.75) is 50.2 Å². The third kappa shape index (κ3) is 2.16. The summed E-state index contributed by atoms with van der Waals surface area (Å²) in [7, 11) is 1.42. The van der Waals surface area contributed by atoms with E-state index in [0.717, 1.165) is 12.8 Å². The van der Waals surface area contributed by atoms with Crippen LogP contribution in [0, 0.1) is 0 Å². The molecule has 0 radical (unpaired) electrons. The fourth-order valence-electron chi connectivity index (χ4n) is 2.01. The van der Waals surface area contributed by atoms with Gasteiger partial charge in [0.25, 0.3) is 0 Å². The summed E-state index contributed by atoms with van der Waals surface area (Å²) >= 11 is 0. The first-order valence-corrected chi connectivity index (χ1v) is 4.77. The molecule has 0 saturated heterocycles. The van der Waals surface area contributed by atoms with Gasteiger partial charge in [-0.1, -0.05) is 25.7 Å². The van der Waals surface area contributed by atoms with Crippen LogP contribution in [0.2, 0.25) is 0 Å². The van der Waals surface area contributed by atoms with Gasteiger partial charge in [-0.2, -0.15) is 13.2 Å². The topological polar surface area (TPSA) is 12.0 Å². The molecule has 1 rings (SSSR count). The van der Waals surface area contributed by atoms with E-state index in [0.29, 0.717) is 12.8 Å². The summed E-state index contributed by atoms with van der Waals surface area (Å²) in [6.07, 6.45) is -0.425. The van der Waals surface area contributed by atoms with Crippen molar-refractivity contribution in [1.82, 2.24) is 5.32 Å². The van der Waals surface area contributed by atoms with Crippen LogP contribution in [-0.4, -0.2) is 18.8 Å². The van der Waals surface area contributed by atoms with Crippen LogP contribution >= 0.6 is 0 Å². The predicted octanol–water partition coefficient (Wildman–Crippen LogP) is 2.86. The number of nitrogens with one attached hydrogen (secondary N) is 1. The van der Waals surface area contributed by atoms with Gasteiger partial charge in [-0.05, 0) is 19.9 Å². The van der Waals surface area contributed by atoms with Gasteiger partial charge in [-0.25, -0.2) is 0 Å². The standard InChI is InChI=1S/C9H16F3N/c1-13-8(9(10,11)12)6-4-2-3-5-7-8/h13H,2-7H2,1H3. The maximum Gasteiger partial charge on any atom is 0.406 e. The van der Waals surface area contributed by atoms with Gasteiger partial charge in [0.05, 0.1) is 0 Å². The zero-order chi connectivity index (χ0) is 9.95. The van der Waals surface area contributed by atoms with E-state index in [-0.39, 0.29) is 12.8 Å². The van der Waals surface area contributed by atoms with Crippen LogP contribution in [0.3, 0.4) is 0 Å². The molecule has 0 aromatic carbocycles. The smallest absolute Gasteiger partial charge is 0.307 e. The van der Waals surface area contributed by atoms with E-state index in [1.807, 2.05) is 0 Å². The number of hydrogen-bond donors (Lipinski definition) is 1. The summed E-state index contributed by atoms with van der Waals surface area (Å²) in [4.78, 5) is 0. The van der Waals surface area contributed by atoms with Crippen molar-refractivity contribution in [3.8, 4) is 0 Å². The number of hydrogen-bond acceptors (Lipinski definition) is 1. The lowest BCUT2D eigenvalue weighted by molar-refractivity contribution is -0.199. The molecule has 1 saturated carbocycles. The van der Waals surface area contributed by atoms with Gasteiger partial charge in [0, 0.05) is 0 Å². The van der Waals surface area contributed by atoms with E-state index >= 15 is 0 Å². The van der Waals surface area contributed by atoms with E-state index in [1.165, 1.54) is 7.05 Å². The van der Waals surface area contributed by atoms with Gasteiger partial charge in [-0.3, -0.25) is 0 Å². The van der Waals surface area contributed by atoms with Gasteiger partial charge in [-0.15, -0.1) is 0 Å². The van der Waals surface area contributed by atoms with Crippen LogP contribution in [0.15, 0.2) is 0 Å². The van der Waals surface area contributed by atoms with Gasteiger partial charge in [0.1, 0.15) is 5.54 Å². The molecule has 1 fully saturated rings. The first kappa shape index (κ1) is 10.8. The largest absolute Gasteiger partial charge is 0.406 e. The third-order valence-electron chi connectivity index (χ3n) is 2.98. The highest BCUT2D eigenvalue weighted by Gasteiger charge is 2.52. The maximum absolute atomic E-state index is 12.7. The number of rotatable bonds is 1. The van der Waals surface area contributed by atoms with E-state index in [2.05, 4.69) is 5.32 Å². The van der Waals surface area contributed by atoms with Crippen molar-refractivity contribution in [3.05, 3.63) is 0 Å². The third-order valence-corrected chi connectivity index (χ3v) is 2.98. The molecular formula is C9H16F3N. The molecule has 1 aliphatic carbocycles. The molecular weight excluding hydrogens is 179 g/mol. The van der Waals surface area contributed by atoms with Crippen LogP contribution in [-0.2, 0) is 0 Å². The van der Waals surface area contributed by atoms with E-state index in [9.17, 15) is 13.2 Å². The van der Waals surface area contributed by atoms with Crippen molar-refractivity contribution in [3.63, 3.8) is 0 Å². The van der Waals surface area contributed by atoms with Crippen molar-refractivity contribution in [2.24, 2.45) is 0 Å². The Hall–Kier alpha value is -0.250. The van der Waals surface area contributed by atoms with Crippen LogP contribution < -0.4 is 5.32 Å². The van der Waals surface area contributed by atoms with Crippen molar-refractivity contribution in [1.29, 1.82) is 0 Å². The SMILES string of the molecule is CNC1(C(F)(F)F)CCCCCC1. The second kappa shape index (κ2) is 3.86. The first-order valence-electron chi connectivity index (χ1n) is 4.77. The highest BCUT2D eigenvalue weighted by atomic mass is 19.4. The molecule has 0 aromatic heterocycles. The molecule has 1 nitrogen and oxygen atoms in total. The Balaban J connectivity index is 2.76. The molecule has 0 spiro atoms. The molecule has 13 heavy (non-hydrogen) atoms. The van der Waals surface area contributed by atoms with Gasteiger partial charge >= 0.3 is 6.18 Å². The fourth-order valence-corrected chi connectivity index (χ4v) is 2.01. The summed E-state index contributed by atoms with van der Waals surface area (Å²) < 4.78 is 38.1. The van der Waals surface area contributed by atoms with Gasteiger partial charge in [0.15, 0.2) is 0 Å². The molecule has 0 unspecified atom stereocenters. The van der Waals surface area contributed by atoms with Crippen molar-refractivity contribution >= 4 is 0 Å². The lowest BCUT2D eigenvalue weighted by atomic mass is 9.90. The Labute approximate surface area is 76.7 Å². The number of alkyl halides is 3. The Bertz CT molecular complexity index is 157. The highest BCUT2D eigenvalue weighted by molar-refractivity contribution is 4.95. The van der Waals surface area contributed by atoms with Gasteiger partial charge in [0.2, 0.25) is 0 Å². The summed E-state index contributed by atoms with van der Waals surface area (Å²) in [5.41, 5.74) is -1.61. The minimum Gasteiger partial charge on any atom is -0.307 e. The molecule has 0 heterocycles. The predicted molar refractivity (Wildman–Crippen MR) is 45.5 cm³/mol. The molecule has 0 aromatic rings. The van der Waals surface area contributed by atoms with Crippen LogP contribution in [0.25, 0.3) is 0 Å². The minimum atomic E-state index is -4.11. The van der Waals surface area contributed by atoms with E-state index in [1.54, 1.807) is 0 Å². The number of halogens is 3. The van der Waals surface area contributed by atoms with Gasteiger partial charge < -0.3 is 5.32 Å². The molecule has 4 heteroatoms. The molecule has 1 N–H and O–H groups in total. The highest BCUT2D eigenvalue weighted by Crippen LogP contribution is 2.40. The molecule has 0 atom stereocenters. The summed E-state index contributed by atoms with van der Waals surface area (Å²) in [5, 5.41) is 2.47. The first-order chi connectivity index (χ1) is 6.02. The summed E-state index contributed by atoms with van der Waals surface area (Å²) in [6.45, 7) is 0. The van der Waals surface area contributed by atoms with E-state index < -0.39 is 11.7 Å².